The summed E-state index contributed by atoms with van der Waals surface area (Å²) in [6, 6.07) is 8.16. The maximum Gasteiger partial charge on any atom is 0.230 e. The molecular weight excluding hydrogens is 354 g/mol. The molecule has 2 saturated heterocycles. The van der Waals surface area contributed by atoms with E-state index in [0.717, 1.165) is 61.4 Å². The van der Waals surface area contributed by atoms with E-state index in [4.69, 9.17) is 14.5 Å². The van der Waals surface area contributed by atoms with E-state index in [2.05, 4.69) is 24.0 Å². The van der Waals surface area contributed by atoms with Gasteiger partial charge in [0.15, 0.2) is 0 Å². The third kappa shape index (κ3) is 3.20. The van der Waals surface area contributed by atoms with Crippen molar-refractivity contribution < 1.29 is 14.3 Å². The van der Waals surface area contributed by atoms with Crippen molar-refractivity contribution in [2.75, 3.05) is 51.9 Å². The molecule has 0 radical (unpaired) electrons. The number of likely N-dealkylation sites (tertiary alicyclic amines) is 1. The minimum Gasteiger partial charge on any atom is -0.494 e. The van der Waals surface area contributed by atoms with Crippen molar-refractivity contribution in [1.82, 2.24) is 9.88 Å². The van der Waals surface area contributed by atoms with E-state index in [-0.39, 0.29) is 11.3 Å². The number of anilines is 1. The average Bonchev–Trinajstić information content (AvgIpc) is 3.14. The first-order chi connectivity index (χ1) is 13.6. The molecule has 6 heteroatoms. The Bertz CT molecular complexity index is 885. The van der Waals surface area contributed by atoms with Crippen molar-refractivity contribution in [3.63, 3.8) is 0 Å². The molecule has 6 nitrogen and oxygen atoms in total. The number of rotatable bonds is 5. The van der Waals surface area contributed by atoms with E-state index in [9.17, 15) is 4.79 Å². The summed E-state index contributed by atoms with van der Waals surface area (Å²) in [4.78, 5) is 22.4. The highest BCUT2D eigenvalue weighted by molar-refractivity contribution is 5.89. The quantitative estimate of drug-likeness (QED) is 0.794. The second-order valence-electron chi connectivity index (χ2n) is 7.99. The first-order valence-corrected chi connectivity index (χ1v) is 10.1. The van der Waals surface area contributed by atoms with Gasteiger partial charge in [-0.15, -0.1) is 0 Å². The number of amides is 1. The smallest absolute Gasteiger partial charge is 0.230 e. The number of methoxy groups -OCH3 is 2. The van der Waals surface area contributed by atoms with Crippen molar-refractivity contribution in [2.45, 2.75) is 26.2 Å². The first-order valence-electron chi connectivity index (χ1n) is 10.1. The zero-order valence-corrected chi connectivity index (χ0v) is 17.0. The van der Waals surface area contributed by atoms with E-state index in [0.29, 0.717) is 13.2 Å². The topological polar surface area (TPSA) is 54.9 Å². The molecule has 0 N–H and O–H groups in total. The number of aromatic nitrogens is 1. The van der Waals surface area contributed by atoms with Gasteiger partial charge in [-0.1, -0.05) is 12.1 Å². The summed E-state index contributed by atoms with van der Waals surface area (Å²) in [6.07, 6.45) is 2.91. The summed E-state index contributed by atoms with van der Waals surface area (Å²) in [5.74, 6) is 2.01. The van der Waals surface area contributed by atoms with Gasteiger partial charge in [-0.25, -0.2) is 4.98 Å². The van der Waals surface area contributed by atoms with Crippen LogP contribution in [0.4, 0.5) is 5.82 Å². The first kappa shape index (κ1) is 19.0. The third-order valence-electron chi connectivity index (χ3n) is 6.28. The van der Waals surface area contributed by atoms with Gasteiger partial charge < -0.3 is 19.3 Å². The second-order valence-corrected chi connectivity index (χ2v) is 7.99. The molecular formula is C22H29N3O3. The normalized spacial score (nSPS) is 22.5. The fraction of sp³-hybridized carbons (Fsp3) is 0.545. The Labute approximate surface area is 166 Å². The number of pyridine rings is 1. The third-order valence-corrected chi connectivity index (χ3v) is 6.28. The number of fused-ring (bicyclic) bond motifs is 1. The van der Waals surface area contributed by atoms with Gasteiger partial charge in [0.05, 0.1) is 19.1 Å². The molecule has 1 aromatic heterocycles. The zero-order valence-electron chi connectivity index (χ0n) is 17.0. The van der Waals surface area contributed by atoms with E-state index >= 15 is 0 Å². The van der Waals surface area contributed by atoms with Crippen LogP contribution in [-0.4, -0.2) is 62.8 Å². The standard InChI is InChI=1S/C22H29N3O3/c1-16-14-19(23-20-17(16)6-4-7-18(20)28-3)25-11-9-22(15-25)8-5-10-24(21(22)26)12-13-27-2/h4,6-7,14H,5,8-13,15H2,1-3H3/t22-/m1/s1. The number of nitrogens with zero attached hydrogens (tertiary/aromatic N) is 3. The summed E-state index contributed by atoms with van der Waals surface area (Å²) < 4.78 is 10.7. The SMILES string of the molecule is COCCN1CCC[C@]2(CCN(c3cc(C)c4cccc(OC)c4n3)C2)C1=O. The van der Waals surface area contributed by atoms with Crippen LogP contribution in [0.5, 0.6) is 5.75 Å². The van der Waals surface area contributed by atoms with Gasteiger partial charge >= 0.3 is 0 Å². The molecule has 150 valence electrons. The van der Waals surface area contributed by atoms with Gasteiger partial charge in [0.2, 0.25) is 5.91 Å². The Balaban J connectivity index is 1.61. The molecule has 0 bridgehead atoms. The van der Waals surface area contributed by atoms with Crippen LogP contribution in [-0.2, 0) is 9.53 Å². The van der Waals surface area contributed by atoms with Gasteiger partial charge in [0.1, 0.15) is 17.1 Å². The van der Waals surface area contributed by atoms with Crippen LogP contribution >= 0.6 is 0 Å². The van der Waals surface area contributed by atoms with Crippen molar-refractivity contribution in [3.05, 3.63) is 29.8 Å². The summed E-state index contributed by atoms with van der Waals surface area (Å²) in [7, 11) is 3.36. The molecule has 28 heavy (non-hydrogen) atoms. The van der Waals surface area contributed by atoms with E-state index < -0.39 is 0 Å². The van der Waals surface area contributed by atoms with Gasteiger partial charge in [0.25, 0.3) is 0 Å². The molecule has 1 aromatic carbocycles. The summed E-state index contributed by atoms with van der Waals surface area (Å²) >= 11 is 0. The van der Waals surface area contributed by atoms with Crippen LogP contribution in [0.25, 0.3) is 10.9 Å². The summed E-state index contributed by atoms with van der Waals surface area (Å²) in [5.41, 5.74) is 1.78. The monoisotopic (exact) mass is 383 g/mol. The summed E-state index contributed by atoms with van der Waals surface area (Å²) in [6.45, 7) is 5.82. The van der Waals surface area contributed by atoms with Crippen molar-refractivity contribution >= 4 is 22.6 Å². The lowest BCUT2D eigenvalue weighted by Crippen LogP contribution is -2.51. The fourth-order valence-electron chi connectivity index (χ4n) is 4.71. The summed E-state index contributed by atoms with van der Waals surface area (Å²) in [5, 5.41) is 1.11. The molecule has 2 aliphatic heterocycles. The van der Waals surface area contributed by atoms with E-state index in [1.165, 1.54) is 5.56 Å². The van der Waals surface area contributed by atoms with Gasteiger partial charge in [-0.2, -0.15) is 0 Å². The minimum atomic E-state index is -0.280. The highest BCUT2D eigenvalue weighted by Crippen LogP contribution is 2.42. The van der Waals surface area contributed by atoms with Crippen LogP contribution in [0.3, 0.4) is 0 Å². The predicted molar refractivity (Wildman–Crippen MR) is 110 cm³/mol. The molecule has 4 rings (SSSR count). The van der Waals surface area contributed by atoms with Crippen molar-refractivity contribution in [1.29, 1.82) is 0 Å². The fourth-order valence-corrected chi connectivity index (χ4v) is 4.71. The molecule has 2 fully saturated rings. The molecule has 1 amide bonds. The van der Waals surface area contributed by atoms with Gasteiger partial charge in [-0.05, 0) is 43.9 Å². The Kier molecular flexibility index (Phi) is 5.15. The largest absolute Gasteiger partial charge is 0.494 e. The predicted octanol–water partition coefficient (Wildman–Crippen LogP) is 3.02. The number of para-hydroxylation sites is 1. The number of hydrogen-bond donors (Lipinski definition) is 0. The molecule has 2 aliphatic rings. The lowest BCUT2D eigenvalue weighted by atomic mass is 9.78. The van der Waals surface area contributed by atoms with Crippen LogP contribution in [0.2, 0.25) is 0 Å². The Morgan fingerprint density at radius 3 is 2.86 bits per heavy atom. The maximum absolute atomic E-state index is 13.2. The molecule has 1 atom stereocenters. The van der Waals surface area contributed by atoms with E-state index in [1.54, 1.807) is 14.2 Å². The number of hydrogen-bond acceptors (Lipinski definition) is 5. The second kappa shape index (κ2) is 7.59. The molecule has 2 aromatic rings. The Hall–Kier alpha value is -2.34. The van der Waals surface area contributed by atoms with Crippen LogP contribution < -0.4 is 9.64 Å². The zero-order chi connectivity index (χ0) is 19.7. The molecule has 1 spiro atoms. The maximum atomic E-state index is 13.2. The van der Waals surface area contributed by atoms with E-state index in [1.807, 2.05) is 17.0 Å². The molecule has 0 aliphatic carbocycles. The number of aryl methyl sites for hydroxylation is 1. The number of carbonyl (C=O) groups is 1. The van der Waals surface area contributed by atoms with Crippen molar-refractivity contribution in [3.8, 4) is 5.75 Å². The Morgan fingerprint density at radius 2 is 2.07 bits per heavy atom. The minimum absolute atomic E-state index is 0.280. The lowest BCUT2D eigenvalue weighted by Gasteiger charge is -2.39. The molecule has 0 unspecified atom stereocenters. The highest BCUT2D eigenvalue weighted by atomic mass is 16.5. The number of piperidine rings is 1. The lowest BCUT2D eigenvalue weighted by molar-refractivity contribution is -0.145. The number of ether oxygens (including phenoxy) is 2. The molecule has 3 heterocycles. The van der Waals surface area contributed by atoms with Crippen LogP contribution in [0.1, 0.15) is 24.8 Å². The van der Waals surface area contributed by atoms with Crippen molar-refractivity contribution in [2.24, 2.45) is 5.41 Å². The van der Waals surface area contributed by atoms with Gasteiger partial charge in [0, 0.05) is 38.7 Å². The van der Waals surface area contributed by atoms with Crippen LogP contribution in [0, 0.1) is 12.3 Å². The highest BCUT2D eigenvalue weighted by Gasteiger charge is 2.48. The van der Waals surface area contributed by atoms with Crippen LogP contribution in [0.15, 0.2) is 24.3 Å². The molecule has 0 saturated carbocycles. The Morgan fingerprint density at radius 1 is 1.21 bits per heavy atom. The average molecular weight is 383 g/mol. The van der Waals surface area contributed by atoms with Gasteiger partial charge in [-0.3, -0.25) is 4.79 Å². The number of carbonyl (C=O) groups excluding carboxylic acids is 1. The number of benzene rings is 1.